The van der Waals surface area contributed by atoms with Gasteiger partial charge >= 0.3 is 0 Å². The van der Waals surface area contributed by atoms with Crippen molar-refractivity contribution in [1.82, 2.24) is 9.88 Å². The van der Waals surface area contributed by atoms with Crippen LogP contribution in [0.1, 0.15) is 36.4 Å². The van der Waals surface area contributed by atoms with Crippen LogP contribution in [0.15, 0.2) is 12.3 Å². The lowest BCUT2D eigenvalue weighted by Crippen LogP contribution is -2.37. The largest absolute Gasteiger partial charge is 0.378 e. The van der Waals surface area contributed by atoms with Crippen molar-refractivity contribution in [1.29, 1.82) is 0 Å². The number of anilines is 1. The predicted molar refractivity (Wildman–Crippen MR) is 81.4 cm³/mol. The van der Waals surface area contributed by atoms with E-state index in [4.69, 9.17) is 4.74 Å². The molecule has 0 aromatic carbocycles. The summed E-state index contributed by atoms with van der Waals surface area (Å²) in [6.07, 6.45) is 6.25. The van der Waals surface area contributed by atoms with Crippen molar-refractivity contribution >= 4 is 12.2 Å². The van der Waals surface area contributed by atoms with Gasteiger partial charge in [-0.25, -0.2) is 4.98 Å². The van der Waals surface area contributed by atoms with Gasteiger partial charge in [-0.3, -0.25) is 4.79 Å². The second-order valence-corrected chi connectivity index (χ2v) is 5.86. The van der Waals surface area contributed by atoms with Gasteiger partial charge in [-0.2, -0.15) is 0 Å². The van der Waals surface area contributed by atoms with Gasteiger partial charge in [-0.15, -0.1) is 0 Å². The van der Waals surface area contributed by atoms with E-state index in [-0.39, 0.29) is 6.04 Å². The van der Waals surface area contributed by atoms with E-state index < -0.39 is 0 Å². The van der Waals surface area contributed by atoms with E-state index in [2.05, 4.69) is 22.9 Å². The number of aryl methyl sites for hydroxylation is 1. The number of carbonyl (C=O) groups is 1. The number of piperidine rings is 1. The SMILES string of the molecule is Cc1cc([C@@H]2CCCCN2C=O)cnc1N1CCOCC1. The maximum atomic E-state index is 11.2. The Morgan fingerprint density at radius 1 is 1.29 bits per heavy atom. The molecule has 1 aromatic heterocycles. The Morgan fingerprint density at radius 3 is 2.81 bits per heavy atom. The maximum absolute atomic E-state index is 11.2. The van der Waals surface area contributed by atoms with Crippen LogP contribution in [0.4, 0.5) is 5.82 Å². The molecule has 0 spiro atoms. The third kappa shape index (κ3) is 3.02. The molecule has 0 N–H and O–H groups in total. The van der Waals surface area contributed by atoms with Gasteiger partial charge in [0.25, 0.3) is 0 Å². The van der Waals surface area contributed by atoms with Crippen LogP contribution in [0.5, 0.6) is 0 Å². The first-order chi connectivity index (χ1) is 10.3. The van der Waals surface area contributed by atoms with Crippen molar-refractivity contribution in [2.45, 2.75) is 32.2 Å². The first-order valence-electron chi connectivity index (χ1n) is 7.80. The zero-order valence-electron chi connectivity index (χ0n) is 12.6. The fraction of sp³-hybridized carbons (Fsp3) is 0.625. The molecule has 0 radical (unpaired) electrons. The summed E-state index contributed by atoms with van der Waals surface area (Å²) in [7, 11) is 0. The summed E-state index contributed by atoms with van der Waals surface area (Å²) in [4.78, 5) is 20.1. The molecule has 2 saturated heterocycles. The van der Waals surface area contributed by atoms with E-state index in [0.29, 0.717) is 0 Å². The highest BCUT2D eigenvalue weighted by Gasteiger charge is 2.24. The molecular weight excluding hydrogens is 266 g/mol. The highest BCUT2D eigenvalue weighted by Crippen LogP contribution is 2.31. The third-order valence-electron chi connectivity index (χ3n) is 4.45. The summed E-state index contributed by atoms with van der Waals surface area (Å²) in [6.45, 7) is 6.30. The molecule has 5 heteroatoms. The number of hydrogen-bond donors (Lipinski definition) is 0. The van der Waals surface area contributed by atoms with Gasteiger partial charge in [0.15, 0.2) is 0 Å². The molecule has 2 aliphatic rings. The zero-order valence-corrected chi connectivity index (χ0v) is 12.6. The topological polar surface area (TPSA) is 45.7 Å². The molecule has 1 atom stereocenters. The minimum Gasteiger partial charge on any atom is -0.378 e. The average Bonchev–Trinajstić information content (AvgIpc) is 2.55. The molecule has 2 fully saturated rings. The number of nitrogens with zero attached hydrogens (tertiary/aromatic N) is 3. The van der Waals surface area contributed by atoms with Gasteiger partial charge in [0.05, 0.1) is 19.3 Å². The molecule has 0 saturated carbocycles. The number of amides is 1. The van der Waals surface area contributed by atoms with Crippen LogP contribution in [-0.4, -0.2) is 49.1 Å². The van der Waals surface area contributed by atoms with Gasteiger partial charge < -0.3 is 14.5 Å². The maximum Gasteiger partial charge on any atom is 0.210 e. The number of ether oxygens (including phenoxy) is 1. The van der Waals surface area contributed by atoms with Crippen LogP contribution >= 0.6 is 0 Å². The Morgan fingerprint density at radius 2 is 2.10 bits per heavy atom. The fourth-order valence-corrected chi connectivity index (χ4v) is 3.32. The van der Waals surface area contributed by atoms with E-state index >= 15 is 0 Å². The van der Waals surface area contributed by atoms with Crippen molar-refractivity contribution in [3.8, 4) is 0 Å². The highest BCUT2D eigenvalue weighted by atomic mass is 16.5. The van der Waals surface area contributed by atoms with Crippen LogP contribution in [0.2, 0.25) is 0 Å². The molecule has 0 aliphatic carbocycles. The Balaban J connectivity index is 1.81. The molecule has 3 rings (SSSR count). The molecule has 1 amide bonds. The normalized spacial score (nSPS) is 23.2. The lowest BCUT2D eigenvalue weighted by atomic mass is 9.96. The molecule has 2 aliphatic heterocycles. The van der Waals surface area contributed by atoms with Crippen LogP contribution in [0, 0.1) is 6.92 Å². The van der Waals surface area contributed by atoms with Crippen LogP contribution in [-0.2, 0) is 9.53 Å². The number of likely N-dealkylation sites (tertiary alicyclic amines) is 1. The second-order valence-electron chi connectivity index (χ2n) is 5.86. The molecule has 5 nitrogen and oxygen atoms in total. The predicted octanol–water partition coefficient (Wildman–Crippen LogP) is 1.91. The second kappa shape index (κ2) is 6.43. The van der Waals surface area contributed by atoms with Crippen molar-refractivity contribution in [3.05, 3.63) is 23.4 Å². The number of carbonyl (C=O) groups excluding carboxylic acids is 1. The first-order valence-corrected chi connectivity index (χ1v) is 7.80. The minimum absolute atomic E-state index is 0.196. The monoisotopic (exact) mass is 289 g/mol. The smallest absolute Gasteiger partial charge is 0.210 e. The number of pyridine rings is 1. The number of rotatable bonds is 3. The molecular formula is C16H23N3O2. The quantitative estimate of drug-likeness (QED) is 0.797. The molecule has 3 heterocycles. The number of morpholine rings is 1. The summed E-state index contributed by atoms with van der Waals surface area (Å²) < 4.78 is 5.39. The van der Waals surface area contributed by atoms with Gasteiger partial charge in [0.2, 0.25) is 6.41 Å². The fourth-order valence-electron chi connectivity index (χ4n) is 3.32. The van der Waals surface area contributed by atoms with E-state index in [9.17, 15) is 4.79 Å². The Hall–Kier alpha value is -1.62. The van der Waals surface area contributed by atoms with Gasteiger partial charge in [-0.05, 0) is 43.4 Å². The summed E-state index contributed by atoms with van der Waals surface area (Å²) in [5.74, 6) is 1.05. The molecule has 114 valence electrons. The Bertz CT molecular complexity index is 500. The molecule has 0 bridgehead atoms. The highest BCUT2D eigenvalue weighted by molar-refractivity contribution is 5.51. The van der Waals surface area contributed by atoms with Crippen LogP contribution in [0.3, 0.4) is 0 Å². The summed E-state index contributed by atoms with van der Waals surface area (Å²) >= 11 is 0. The Kier molecular flexibility index (Phi) is 4.39. The van der Waals surface area contributed by atoms with Crippen molar-refractivity contribution in [2.75, 3.05) is 37.7 Å². The van der Waals surface area contributed by atoms with E-state index in [0.717, 1.165) is 63.5 Å². The summed E-state index contributed by atoms with van der Waals surface area (Å²) in [5.41, 5.74) is 2.35. The molecule has 21 heavy (non-hydrogen) atoms. The Labute approximate surface area is 125 Å². The number of aromatic nitrogens is 1. The number of hydrogen-bond acceptors (Lipinski definition) is 4. The van der Waals surface area contributed by atoms with Crippen molar-refractivity contribution < 1.29 is 9.53 Å². The van der Waals surface area contributed by atoms with Crippen LogP contribution < -0.4 is 4.90 Å². The molecule has 1 aromatic rings. The average molecular weight is 289 g/mol. The third-order valence-corrected chi connectivity index (χ3v) is 4.45. The van der Waals surface area contributed by atoms with E-state index in [1.807, 2.05) is 11.1 Å². The standard InChI is InChI=1S/C16H23N3O2/c1-13-10-14(15-4-2-3-5-19(15)12-20)11-17-16(13)18-6-8-21-9-7-18/h10-12,15H,2-9H2,1H3/t15-/m0/s1. The summed E-state index contributed by atoms with van der Waals surface area (Å²) in [6, 6.07) is 2.39. The van der Waals surface area contributed by atoms with Crippen molar-refractivity contribution in [2.24, 2.45) is 0 Å². The first kappa shape index (κ1) is 14.3. The molecule has 0 unspecified atom stereocenters. The van der Waals surface area contributed by atoms with Crippen molar-refractivity contribution in [3.63, 3.8) is 0 Å². The zero-order chi connectivity index (χ0) is 14.7. The lowest BCUT2D eigenvalue weighted by molar-refractivity contribution is -0.121. The van der Waals surface area contributed by atoms with Gasteiger partial charge in [-0.1, -0.05) is 0 Å². The van der Waals surface area contributed by atoms with Gasteiger partial charge in [0.1, 0.15) is 5.82 Å². The summed E-state index contributed by atoms with van der Waals surface area (Å²) in [5, 5.41) is 0. The van der Waals surface area contributed by atoms with E-state index in [1.165, 1.54) is 12.0 Å². The van der Waals surface area contributed by atoms with Gasteiger partial charge in [0, 0.05) is 25.8 Å². The minimum atomic E-state index is 0.196. The lowest BCUT2D eigenvalue weighted by Gasteiger charge is -2.34. The van der Waals surface area contributed by atoms with Crippen LogP contribution in [0.25, 0.3) is 0 Å². The van der Waals surface area contributed by atoms with E-state index in [1.54, 1.807) is 0 Å².